The first-order valence-electron chi connectivity index (χ1n) is 13.9. The van der Waals surface area contributed by atoms with Gasteiger partial charge in [-0.1, -0.05) is 30.3 Å². The zero-order valence-corrected chi connectivity index (χ0v) is 24.8. The van der Waals surface area contributed by atoms with Gasteiger partial charge in [-0.25, -0.2) is 4.79 Å². The Morgan fingerprint density at radius 2 is 1.52 bits per heavy atom. The third kappa shape index (κ3) is 9.91. The zero-order chi connectivity index (χ0) is 32.2. The van der Waals surface area contributed by atoms with Gasteiger partial charge in [-0.3, -0.25) is 19.4 Å². The van der Waals surface area contributed by atoms with Crippen molar-refractivity contribution in [1.29, 1.82) is 0 Å². The molecule has 236 valence electrons. The van der Waals surface area contributed by atoms with Crippen molar-refractivity contribution >= 4 is 53.2 Å². The number of carboxylic acid groups (broad SMARTS) is 1. The molecule has 0 fully saturated rings. The topological polar surface area (TPSA) is 251 Å². The van der Waals surface area contributed by atoms with Crippen molar-refractivity contribution in [2.75, 3.05) is 12.3 Å². The van der Waals surface area contributed by atoms with Gasteiger partial charge in [0, 0.05) is 35.8 Å². The third-order valence-corrected chi connectivity index (χ3v) is 7.20. The van der Waals surface area contributed by atoms with Crippen LogP contribution in [0.5, 0.6) is 5.75 Å². The number of carbonyl (C=O) groups excluding carboxylic acids is 3. The van der Waals surface area contributed by atoms with E-state index in [2.05, 4.69) is 38.6 Å². The summed E-state index contributed by atoms with van der Waals surface area (Å²) in [5.74, 6) is -3.65. The molecule has 0 saturated carbocycles. The number of para-hydroxylation sites is 1. The number of carboxylic acids is 1. The lowest BCUT2D eigenvalue weighted by Gasteiger charge is -2.25. The van der Waals surface area contributed by atoms with Crippen LogP contribution in [0.3, 0.4) is 0 Å². The summed E-state index contributed by atoms with van der Waals surface area (Å²) in [6.07, 6.45) is 2.36. The van der Waals surface area contributed by atoms with Crippen LogP contribution >= 0.6 is 12.6 Å². The summed E-state index contributed by atoms with van der Waals surface area (Å²) in [5, 5.41) is 27.6. The van der Waals surface area contributed by atoms with Gasteiger partial charge in [0.05, 0.1) is 6.04 Å². The Kier molecular flexibility index (Phi) is 12.4. The predicted molar refractivity (Wildman–Crippen MR) is 169 cm³/mol. The smallest absolute Gasteiger partial charge is 0.327 e. The number of phenolic OH excluding ortho intramolecular Hbond substituents is 1. The second-order valence-corrected chi connectivity index (χ2v) is 10.6. The number of thiol groups is 1. The van der Waals surface area contributed by atoms with E-state index in [1.807, 2.05) is 24.3 Å². The largest absolute Gasteiger partial charge is 0.508 e. The molecule has 44 heavy (non-hydrogen) atoms. The minimum atomic E-state index is -1.30. The highest BCUT2D eigenvalue weighted by atomic mass is 32.1. The second kappa shape index (κ2) is 16.2. The van der Waals surface area contributed by atoms with E-state index in [4.69, 9.17) is 17.2 Å². The number of aromatic amines is 1. The first kappa shape index (κ1) is 33.7. The summed E-state index contributed by atoms with van der Waals surface area (Å²) in [6, 6.07) is 8.89. The van der Waals surface area contributed by atoms with Crippen LogP contribution in [0.1, 0.15) is 24.0 Å². The van der Waals surface area contributed by atoms with Gasteiger partial charge in [-0.2, -0.15) is 12.6 Å². The van der Waals surface area contributed by atoms with Crippen LogP contribution in [0.15, 0.2) is 59.7 Å². The molecule has 12 N–H and O–H groups in total. The first-order valence-corrected chi connectivity index (χ1v) is 14.5. The Morgan fingerprint density at radius 1 is 0.886 bits per heavy atom. The Balaban J connectivity index is 1.78. The molecule has 0 radical (unpaired) electrons. The number of aromatic hydroxyl groups is 1. The molecule has 3 rings (SSSR count). The number of aliphatic carboxylic acids is 1. The number of rotatable bonds is 16. The molecular weight excluding hydrogens is 588 g/mol. The predicted octanol–water partition coefficient (Wildman–Crippen LogP) is -0.492. The van der Waals surface area contributed by atoms with Crippen molar-refractivity contribution in [3.05, 3.63) is 65.9 Å². The molecular formula is C29H38N8O6S. The molecule has 1 heterocycles. The van der Waals surface area contributed by atoms with E-state index < -0.39 is 47.9 Å². The number of amides is 3. The highest BCUT2D eigenvalue weighted by molar-refractivity contribution is 7.80. The van der Waals surface area contributed by atoms with E-state index in [9.17, 15) is 29.4 Å². The Bertz CT molecular complexity index is 1470. The van der Waals surface area contributed by atoms with Gasteiger partial charge in [0.2, 0.25) is 17.7 Å². The Hall–Kier alpha value is -4.76. The van der Waals surface area contributed by atoms with Crippen LogP contribution in [0, 0.1) is 0 Å². The number of hydrogen-bond donors (Lipinski definition) is 10. The average molecular weight is 627 g/mol. The van der Waals surface area contributed by atoms with Crippen molar-refractivity contribution < 1.29 is 29.4 Å². The van der Waals surface area contributed by atoms with Crippen LogP contribution in [-0.2, 0) is 32.0 Å². The molecule has 0 aliphatic carbocycles. The number of phenols is 1. The van der Waals surface area contributed by atoms with Gasteiger partial charge in [-0.15, -0.1) is 0 Å². The zero-order valence-electron chi connectivity index (χ0n) is 23.9. The fraction of sp³-hybridized carbons (Fsp3) is 0.345. The van der Waals surface area contributed by atoms with E-state index in [-0.39, 0.29) is 43.3 Å². The quantitative estimate of drug-likeness (QED) is 0.0425. The molecule has 3 aromatic rings. The molecule has 1 aromatic heterocycles. The molecule has 3 amide bonds. The maximum atomic E-state index is 13.6. The lowest BCUT2D eigenvalue weighted by atomic mass is 10.0. The van der Waals surface area contributed by atoms with Crippen LogP contribution in [0.25, 0.3) is 10.9 Å². The van der Waals surface area contributed by atoms with Crippen molar-refractivity contribution in [1.82, 2.24) is 20.9 Å². The van der Waals surface area contributed by atoms with E-state index in [0.29, 0.717) is 12.0 Å². The van der Waals surface area contributed by atoms with Crippen LogP contribution in [-0.4, -0.2) is 81.3 Å². The standard InChI is InChI=1S/C29H38N8O6S/c30-20(13-17-14-34-21-5-2-1-4-19(17)21)25(39)35-22(6-3-11-33-29(31)32)26(40)36-23(12-16-7-9-18(38)10-8-16)27(41)37-24(15-44)28(42)43/h1-2,4-5,7-10,14,20,22-24,34,38,44H,3,6,11-13,15,30H2,(H,35,39)(H,36,40)(H,37,41)(H,42,43)(H4,31,32,33). The number of hydrogen-bond acceptors (Lipinski definition) is 8. The van der Waals surface area contributed by atoms with Crippen LogP contribution in [0.2, 0.25) is 0 Å². The molecule has 0 saturated heterocycles. The van der Waals surface area contributed by atoms with Crippen molar-refractivity contribution in [2.24, 2.45) is 22.2 Å². The normalized spacial score (nSPS) is 13.7. The number of nitrogens with two attached hydrogens (primary N) is 3. The highest BCUT2D eigenvalue weighted by Crippen LogP contribution is 2.19. The maximum absolute atomic E-state index is 13.6. The van der Waals surface area contributed by atoms with Crippen molar-refractivity contribution in [2.45, 2.75) is 49.9 Å². The highest BCUT2D eigenvalue weighted by Gasteiger charge is 2.30. The summed E-state index contributed by atoms with van der Waals surface area (Å²) < 4.78 is 0. The first-order chi connectivity index (χ1) is 21.0. The number of benzene rings is 2. The van der Waals surface area contributed by atoms with Crippen molar-refractivity contribution in [3.63, 3.8) is 0 Å². The van der Waals surface area contributed by atoms with E-state index in [1.165, 1.54) is 12.1 Å². The molecule has 2 aromatic carbocycles. The Morgan fingerprint density at radius 3 is 2.18 bits per heavy atom. The monoisotopic (exact) mass is 626 g/mol. The maximum Gasteiger partial charge on any atom is 0.327 e. The minimum absolute atomic E-state index is 0.00679. The van der Waals surface area contributed by atoms with Gasteiger partial charge < -0.3 is 48.3 Å². The summed E-state index contributed by atoms with van der Waals surface area (Å²) >= 11 is 3.98. The van der Waals surface area contributed by atoms with E-state index in [0.717, 1.165) is 16.5 Å². The van der Waals surface area contributed by atoms with Gasteiger partial charge in [0.15, 0.2) is 5.96 Å². The molecule has 0 spiro atoms. The number of H-pyrrole nitrogens is 1. The lowest BCUT2D eigenvalue weighted by Crippen LogP contribution is -2.58. The average Bonchev–Trinajstić information content (AvgIpc) is 3.40. The van der Waals surface area contributed by atoms with Crippen LogP contribution < -0.4 is 33.2 Å². The summed E-state index contributed by atoms with van der Waals surface area (Å²) in [7, 11) is 0. The third-order valence-electron chi connectivity index (χ3n) is 6.84. The fourth-order valence-electron chi connectivity index (χ4n) is 4.49. The van der Waals surface area contributed by atoms with E-state index in [1.54, 1.807) is 18.3 Å². The number of aromatic nitrogens is 1. The molecule has 0 aliphatic heterocycles. The van der Waals surface area contributed by atoms with Gasteiger partial charge in [0.25, 0.3) is 0 Å². The fourth-order valence-corrected chi connectivity index (χ4v) is 4.74. The summed E-state index contributed by atoms with van der Waals surface area (Å²) in [4.78, 5) is 58.5. The summed E-state index contributed by atoms with van der Waals surface area (Å²) in [5.41, 5.74) is 19.4. The van der Waals surface area contributed by atoms with Crippen LogP contribution in [0.4, 0.5) is 0 Å². The van der Waals surface area contributed by atoms with Gasteiger partial charge >= 0.3 is 5.97 Å². The lowest BCUT2D eigenvalue weighted by molar-refractivity contribution is -0.141. The minimum Gasteiger partial charge on any atom is -0.508 e. The van der Waals surface area contributed by atoms with Gasteiger partial charge in [-0.05, 0) is 48.6 Å². The number of guanidine groups is 1. The Labute approximate surface area is 259 Å². The molecule has 14 nitrogen and oxygen atoms in total. The number of fused-ring (bicyclic) bond motifs is 1. The number of aliphatic imine (C=N–C) groups is 1. The number of carbonyl (C=O) groups is 4. The molecule has 4 atom stereocenters. The summed E-state index contributed by atoms with van der Waals surface area (Å²) in [6.45, 7) is 0.184. The number of nitrogens with zero attached hydrogens (tertiary/aromatic N) is 1. The second-order valence-electron chi connectivity index (χ2n) is 10.2. The molecule has 15 heteroatoms. The number of nitrogens with one attached hydrogen (secondary N) is 4. The van der Waals surface area contributed by atoms with Crippen molar-refractivity contribution in [3.8, 4) is 5.75 Å². The molecule has 0 bridgehead atoms. The van der Waals surface area contributed by atoms with Gasteiger partial charge in [0.1, 0.15) is 23.9 Å². The molecule has 4 unspecified atom stereocenters. The van der Waals surface area contributed by atoms with E-state index >= 15 is 0 Å². The molecule has 0 aliphatic rings. The SMILES string of the molecule is NC(N)=NCCCC(NC(=O)C(N)Cc1c[nH]c2ccccc12)C(=O)NC(Cc1ccc(O)cc1)C(=O)NC(CS)C(=O)O.